The lowest BCUT2D eigenvalue weighted by Gasteiger charge is -2.37. The Labute approximate surface area is 260 Å². The van der Waals surface area contributed by atoms with E-state index < -0.39 is 9.52 Å². The molecule has 1 heterocycles. The molecule has 4 heteroatoms. The van der Waals surface area contributed by atoms with Crippen LogP contribution in [0.2, 0.25) is 0 Å². The molecule has 6 rings (SSSR count). The Hall–Kier alpha value is -4.41. The summed E-state index contributed by atoms with van der Waals surface area (Å²) in [6.45, 7) is 6.85. The third-order valence-electron chi connectivity index (χ3n) is 8.02. The van der Waals surface area contributed by atoms with Crippen molar-refractivity contribution < 1.29 is 0 Å². The van der Waals surface area contributed by atoms with Gasteiger partial charge in [0.25, 0.3) is 0 Å². The Kier molecular flexibility index (Phi) is 9.59. The molecular formula is C39H39BN2Si. The number of aromatic nitrogens is 2. The van der Waals surface area contributed by atoms with Gasteiger partial charge in [-0.3, -0.25) is 0 Å². The topological polar surface area (TPSA) is 17.8 Å². The van der Waals surface area contributed by atoms with Crippen LogP contribution in [-0.4, -0.2) is 26.9 Å². The molecule has 0 fully saturated rings. The van der Waals surface area contributed by atoms with Gasteiger partial charge in [0.1, 0.15) is 0 Å². The van der Waals surface area contributed by atoms with E-state index in [1.165, 1.54) is 21.9 Å². The van der Waals surface area contributed by atoms with Gasteiger partial charge in [-0.25, -0.2) is 4.98 Å². The summed E-state index contributed by atoms with van der Waals surface area (Å²) in [6.07, 6.45) is 5.97. The minimum absolute atomic E-state index is 0.0163. The Morgan fingerprint density at radius 1 is 0.605 bits per heavy atom. The van der Waals surface area contributed by atoms with Crippen LogP contribution in [0.15, 0.2) is 164 Å². The predicted octanol–water partition coefficient (Wildman–Crippen LogP) is 7.37. The van der Waals surface area contributed by atoms with Crippen LogP contribution >= 0.6 is 0 Å². The summed E-state index contributed by atoms with van der Waals surface area (Å²) in [5.74, 6) is -0.0163. The van der Waals surface area contributed by atoms with Crippen LogP contribution in [0.1, 0.15) is 54.4 Å². The lowest BCUT2D eigenvalue weighted by Crippen LogP contribution is -2.47. The van der Waals surface area contributed by atoms with Crippen molar-refractivity contribution in [3.05, 3.63) is 192 Å². The van der Waals surface area contributed by atoms with Gasteiger partial charge in [-0.15, -0.1) is 0 Å². The van der Waals surface area contributed by atoms with Gasteiger partial charge in [-0.2, -0.15) is 0 Å². The monoisotopic (exact) mass is 574 g/mol. The highest BCUT2D eigenvalue weighted by Gasteiger charge is 2.36. The highest BCUT2D eigenvalue weighted by molar-refractivity contribution is 6.57. The van der Waals surface area contributed by atoms with Gasteiger partial charge >= 0.3 is 0 Å². The van der Waals surface area contributed by atoms with Crippen LogP contribution in [0.3, 0.4) is 0 Å². The summed E-state index contributed by atoms with van der Waals surface area (Å²) in [6, 6.07) is 51.2. The third-order valence-corrected chi connectivity index (χ3v) is 10.6. The molecule has 0 spiro atoms. The van der Waals surface area contributed by atoms with Crippen molar-refractivity contribution in [2.24, 2.45) is 0 Å². The molecule has 5 aromatic carbocycles. The van der Waals surface area contributed by atoms with E-state index in [1.807, 2.05) is 48.9 Å². The first-order chi connectivity index (χ1) is 20.9. The van der Waals surface area contributed by atoms with Crippen LogP contribution in [0.5, 0.6) is 0 Å². The lowest BCUT2D eigenvalue weighted by atomic mass is 9.76. The maximum atomic E-state index is 6.12. The molecule has 0 aliphatic carbocycles. The van der Waals surface area contributed by atoms with Gasteiger partial charge in [-0.1, -0.05) is 172 Å². The minimum Gasteiger partial charge on any atom is -0.326 e. The fourth-order valence-corrected chi connectivity index (χ4v) is 8.05. The molecule has 0 saturated heterocycles. The van der Waals surface area contributed by atoms with Crippen LogP contribution < -0.4 is 5.19 Å². The van der Waals surface area contributed by atoms with Gasteiger partial charge in [-0.05, 0) is 39.0 Å². The molecule has 0 aliphatic rings. The molecule has 0 atom stereocenters. The maximum Gasteiger partial charge on any atom is 0.0965 e. The summed E-state index contributed by atoms with van der Waals surface area (Å²) in [5, 5.41) is 1.23. The minimum atomic E-state index is -0.826. The van der Waals surface area contributed by atoms with Crippen molar-refractivity contribution in [3.8, 4) is 0 Å². The predicted molar refractivity (Wildman–Crippen MR) is 185 cm³/mol. The number of rotatable bonds is 7. The average molecular weight is 575 g/mol. The number of benzene rings is 5. The van der Waals surface area contributed by atoms with Crippen molar-refractivity contribution in [3.63, 3.8) is 0 Å². The van der Waals surface area contributed by atoms with E-state index in [4.69, 9.17) is 7.85 Å². The highest BCUT2D eigenvalue weighted by Crippen LogP contribution is 2.33. The molecular weight excluding hydrogens is 535 g/mol. The Morgan fingerprint density at radius 2 is 1.07 bits per heavy atom. The van der Waals surface area contributed by atoms with E-state index in [-0.39, 0.29) is 16.4 Å². The molecule has 1 aromatic heterocycles. The maximum absolute atomic E-state index is 6.12. The fraction of sp³-hybridized carbons (Fsp3) is 0.154. The van der Waals surface area contributed by atoms with Gasteiger partial charge in [0.2, 0.25) is 0 Å². The fourth-order valence-electron chi connectivity index (χ4n) is 5.63. The SMILES string of the molecule is CC(C)(C)c1cccc([SiH2]C(c2ccccc2)(c2ccccc2)n2ccnc2)c1.[B]C(c1ccccc1)c1ccccc1. The first-order valence-corrected chi connectivity index (χ1v) is 16.3. The zero-order valence-corrected chi connectivity index (χ0v) is 26.8. The van der Waals surface area contributed by atoms with Crippen LogP contribution in [0.4, 0.5) is 0 Å². The van der Waals surface area contributed by atoms with Crippen LogP contribution in [-0.2, 0) is 10.6 Å². The molecule has 0 saturated carbocycles. The standard InChI is InChI=1S/C26H28N2Si.C13H11B/c1-25(2,3)23-15-10-16-24(19-23)29-26(28-18-17-27-20-28,21-11-6-4-7-12-21)22-13-8-5-9-14-22;14-13(11-7-3-1-4-8-11)12-9-5-2-6-10-12/h4-20H,29H2,1-3H3;1-10,13H. The second-order valence-corrected chi connectivity index (χ2v) is 14.2. The number of hydrogen-bond donors (Lipinski definition) is 0. The van der Waals surface area contributed by atoms with Crippen molar-refractivity contribution >= 4 is 22.6 Å². The number of nitrogens with zero attached hydrogens (tertiary/aromatic N) is 2. The van der Waals surface area contributed by atoms with Crippen molar-refractivity contribution in [2.75, 3.05) is 0 Å². The Bertz CT molecular complexity index is 1590. The molecule has 212 valence electrons. The molecule has 0 amide bonds. The molecule has 0 bridgehead atoms. The van der Waals surface area contributed by atoms with Crippen LogP contribution in [0, 0.1) is 0 Å². The summed E-state index contributed by atoms with van der Waals surface area (Å²) in [4.78, 5) is 4.42. The van der Waals surface area contributed by atoms with Crippen molar-refractivity contribution in [2.45, 2.75) is 37.2 Å². The summed E-state index contributed by atoms with van der Waals surface area (Å²) in [5.41, 5.74) is 6.47. The first-order valence-electron chi connectivity index (χ1n) is 14.9. The second kappa shape index (κ2) is 13.7. The second-order valence-electron chi connectivity index (χ2n) is 12.0. The van der Waals surface area contributed by atoms with Crippen molar-refractivity contribution in [1.82, 2.24) is 9.55 Å². The summed E-state index contributed by atoms with van der Waals surface area (Å²) < 4.78 is 2.31. The van der Waals surface area contributed by atoms with Gasteiger partial charge in [0.05, 0.1) is 28.9 Å². The highest BCUT2D eigenvalue weighted by atomic mass is 28.2. The number of imidazole rings is 1. The Balaban J connectivity index is 0.000000220. The smallest absolute Gasteiger partial charge is 0.0965 e. The van der Waals surface area contributed by atoms with E-state index in [0.29, 0.717) is 0 Å². The normalized spacial score (nSPS) is 11.8. The van der Waals surface area contributed by atoms with Gasteiger partial charge in [0, 0.05) is 12.4 Å². The van der Waals surface area contributed by atoms with E-state index >= 15 is 0 Å². The summed E-state index contributed by atoms with van der Waals surface area (Å²) in [7, 11) is 5.29. The van der Waals surface area contributed by atoms with Gasteiger partial charge in [0.15, 0.2) is 0 Å². The molecule has 0 unspecified atom stereocenters. The van der Waals surface area contributed by atoms with Crippen LogP contribution in [0.25, 0.3) is 0 Å². The quantitative estimate of drug-likeness (QED) is 0.182. The first kappa shape index (κ1) is 30.1. The lowest BCUT2D eigenvalue weighted by molar-refractivity contribution is 0.589. The third kappa shape index (κ3) is 7.15. The van der Waals surface area contributed by atoms with E-state index in [9.17, 15) is 0 Å². The zero-order chi connectivity index (χ0) is 30.1. The molecule has 6 aromatic rings. The van der Waals surface area contributed by atoms with E-state index in [1.54, 1.807) is 0 Å². The van der Waals surface area contributed by atoms with Gasteiger partial charge < -0.3 is 4.57 Å². The Morgan fingerprint density at radius 3 is 1.51 bits per heavy atom. The molecule has 0 aliphatic heterocycles. The zero-order valence-electron chi connectivity index (χ0n) is 25.3. The molecule has 43 heavy (non-hydrogen) atoms. The van der Waals surface area contributed by atoms with E-state index in [2.05, 4.69) is 146 Å². The molecule has 2 nitrogen and oxygen atoms in total. The average Bonchev–Trinajstić information content (AvgIpc) is 3.61. The van der Waals surface area contributed by atoms with Crippen molar-refractivity contribution in [1.29, 1.82) is 0 Å². The molecule has 0 N–H and O–H groups in total. The largest absolute Gasteiger partial charge is 0.326 e. The molecule has 2 radical (unpaired) electrons. The summed E-state index contributed by atoms with van der Waals surface area (Å²) >= 11 is 0. The van der Waals surface area contributed by atoms with E-state index in [0.717, 1.165) is 11.1 Å². The number of hydrogen-bond acceptors (Lipinski definition) is 1.